The van der Waals surface area contributed by atoms with Crippen LogP contribution in [-0.4, -0.2) is 23.2 Å². The van der Waals surface area contributed by atoms with E-state index in [1.807, 2.05) is 0 Å². The number of allylic oxidation sites excluding steroid dienone is 1. The van der Waals surface area contributed by atoms with E-state index in [1.54, 1.807) is 19.2 Å². The Hall–Kier alpha value is -2.01. The van der Waals surface area contributed by atoms with Gasteiger partial charge in [-0.15, -0.1) is 0 Å². The standard InChI is InChI=1S/C15H16ClN3O2/c1-20-12-7-10-11(18-15(16)19-14(10)17)8-13(12)21-9-5-3-2-4-6-9/h2-3,7-9H,4-6H2,1H3,(H2,17,18,19). The average Bonchev–Trinajstić information content (AvgIpc) is 2.47. The van der Waals surface area contributed by atoms with Gasteiger partial charge in [-0.1, -0.05) is 12.2 Å². The minimum Gasteiger partial charge on any atom is -0.493 e. The number of nitrogen functional groups attached to an aromatic ring is 1. The second-order valence-corrected chi connectivity index (χ2v) is 5.26. The number of hydrogen-bond donors (Lipinski definition) is 1. The van der Waals surface area contributed by atoms with Gasteiger partial charge in [-0.25, -0.2) is 9.97 Å². The predicted octanol–water partition coefficient (Wildman–Crippen LogP) is 3.36. The van der Waals surface area contributed by atoms with Crippen LogP contribution in [0.3, 0.4) is 0 Å². The van der Waals surface area contributed by atoms with E-state index in [-0.39, 0.29) is 11.4 Å². The van der Waals surface area contributed by atoms with Crippen molar-refractivity contribution in [3.05, 3.63) is 29.6 Å². The molecule has 0 bridgehead atoms. The molecule has 5 nitrogen and oxygen atoms in total. The molecule has 1 atom stereocenters. The van der Waals surface area contributed by atoms with Crippen LogP contribution < -0.4 is 15.2 Å². The zero-order valence-corrected chi connectivity index (χ0v) is 12.4. The molecular weight excluding hydrogens is 290 g/mol. The van der Waals surface area contributed by atoms with Crippen molar-refractivity contribution in [2.75, 3.05) is 12.8 Å². The molecule has 1 heterocycles. The van der Waals surface area contributed by atoms with Gasteiger partial charge in [-0.2, -0.15) is 0 Å². The number of halogens is 1. The Morgan fingerprint density at radius 2 is 2.10 bits per heavy atom. The Labute approximate surface area is 127 Å². The van der Waals surface area contributed by atoms with Gasteiger partial charge in [0, 0.05) is 17.9 Å². The van der Waals surface area contributed by atoms with Crippen LogP contribution in [0.2, 0.25) is 5.28 Å². The lowest BCUT2D eigenvalue weighted by molar-refractivity contribution is 0.183. The molecule has 1 aliphatic carbocycles. The van der Waals surface area contributed by atoms with Gasteiger partial charge in [0.25, 0.3) is 0 Å². The maximum Gasteiger partial charge on any atom is 0.224 e. The third kappa shape index (κ3) is 2.88. The Kier molecular flexibility index (Phi) is 3.84. The summed E-state index contributed by atoms with van der Waals surface area (Å²) in [4.78, 5) is 8.14. The number of rotatable bonds is 3. The third-order valence-electron chi connectivity index (χ3n) is 3.50. The third-order valence-corrected chi connectivity index (χ3v) is 3.67. The Morgan fingerprint density at radius 1 is 1.24 bits per heavy atom. The molecular formula is C15H16ClN3O2. The highest BCUT2D eigenvalue weighted by Gasteiger charge is 2.16. The van der Waals surface area contributed by atoms with Gasteiger partial charge in [-0.3, -0.25) is 0 Å². The summed E-state index contributed by atoms with van der Waals surface area (Å²) in [7, 11) is 1.60. The number of anilines is 1. The number of hydrogen-bond acceptors (Lipinski definition) is 5. The summed E-state index contributed by atoms with van der Waals surface area (Å²) in [6.45, 7) is 0. The maximum atomic E-state index is 6.04. The SMILES string of the molecule is COc1cc2c(N)nc(Cl)nc2cc1OC1CC=CCC1. The van der Waals surface area contributed by atoms with E-state index >= 15 is 0 Å². The monoisotopic (exact) mass is 305 g/mol. The van der Waals surface area contributed by atoms with Gasteiger partial charge in [-0.05, 0) is 30.5 Å². The fraction of sp³-hybridized carbons (Fsp3) is 0.333. The Bertz CT molecular complexity index is 703. The van der Waals surface area contributed by atoms with Gasteiger partial charge in [0.05, 0.1) is 12.6 Å². The topological polar surface area (TPSA) is 70.3 Å². The number of nitrogens with zero attached hydrogens (tertiary/aromatic N) is 2. The van der Waals surface area contributed by atoms with Gasteiger partial charge >= 0.3 is 0 Å². The van der Waals surface area contributed by atoms with Crippen LogP contribution in [0.15, 0.2) is 24.3 Å². The molecule has 1 aromatic carbocycles. The largest absolute Gasteiger partial charge is 0.493 e. The van der Waals surface area contributed by atoms with E-state index < -0.39 is 0 Å². The second kappa shape index (κ2) is 5.77. The lowest BCUT2D eigenvalue weighted by Gasteiger charge is -2.21. The molecule has 0 fully saturated rings. The molecule has 0 amide bonds. The summed E-state index contributed by atoms with van der Waals surface area (Å²) in [6, 6.07) is 3.59. The molecule has 21 heavy (non-hydrogen) atoms. The van der Waals surface area contributed by atoms with Crippen LogP contribution in [-0.2, 0) is 0 Å². The number of methoxy groups -OCH3 is 1. The first-order valence-electron chi connectivity index (χ1n) is 6.80. The number of aromatic nitrogens is 2. The fourth-order valence-corrected chi connectivity index (χ4v) is 2.62. The van der Waals surface area contributed by atoms with Crippen molar-refractivity contribution in [2.45, 2.75) is 25.4 Å². The van der Waals surface area contributed by atoms with Crippen molar-refractivity contribution in [2.24, 2.45) is 0 Å². The molecule has 2 N–H and O–H groups in total. The highest BCUT2D eigenvalue weighted by molar-refractivity contribution is 6.28. The predicted molar refractivity (Wildman–Crippen MR) is 82.9 cm³/mol. The number of fused-ring (bicyclic) bond motifs is 1. The zero-order valence-electron chi connectivity index (χ0n) is 11.7. The summed E-state index contributed by atoms with van der Waals surface area (Å²) in [6.07, 6.45) is 7.37. The quantitative estimate of drug-likeness (QED) is 0.695. The smallest absolute Gasteiger partial charge is 0.224 e. The van der Waals surface area contributed by atoms with Gasteiger partial charge in [0.15, 0.2) is 11.5 Å². The van der Waals surface area contributed by atoms with E-state index in [9.17, 15) is 0 Å². The summed E-state index contributed by atoms with van der Waals surface area (Å²) in [5, 5.41) is 0.823. The molecule has 1 aliphatic rings. The van der Waals surface area contributed by atoms with Gasteiger partial charge in [0.2, 0.25) is 5.28 Å². The van der Waals surface area contributed by atoms with E-state index in [0.717, 1.165) is 19.3 Å². The first-order valence-corrected chi connectivity index (χ1v) is 7.17. The molecule has 110 valence electrons. The van der Waals surface area contributed by atoms with E-state index in [1.165, 1.54) is 0 Å². The summed E-state index contributed by atoms with van der Waals surface area (Å²) >= 11 is 5.86. The molecule has 1 unspecified atom stereocenters. The second-order valence-electron chi connectivity index (χ2n) is 4.92. The van der Waals surface area contributed by atoms with E-state index in [2.05, 4.69) is 22.1 Å². The van der Waals surface area contributed by atoms with Crippen molar-refractivity contribution in [3.63, 3.8) is 0 Å². The lowest BCUT2D eigenvalue weighted by atomic mass is 10.0. The molecule has 6 heteroatoms. The number of benzene rings is 1. The lowest BCUT2D eigenvalue weighted by Crippen LogP contribution is -2.17. The van der Waals surface area contributed by atoms with Crippen LogP contribution in [0.25, 0.3) is 10.9 Å². The van der Waals surface area contributed by atoms with Crippen LogP contribution in [0.4, 0.5) is 5.82 Å². The van der Waals surface area contributed by atoms with Crippen LogP contribution in [0, 0.1) is 0 Å². The molecule has 0 aliphatic heterocycles. The first kappa shape index (κ1) is 13.9. The molecule has 2 aromatic rings. The highest BCUT2D eigenvalue weighted by Crippen LogP contribution is 2.35. The van der Waals surface area contributed by atoms with Crippen LogP contribution in [0.1, 0.15) is 19.3 Å². The van der Waals surface area contributed by atoms with Crippen molar-refractivity contribution >= 4 is 28.3 Å². The van der Waals surface area contributed by atoms with Gasteiger partial charge < -0.3 is 15.2 Å². The van der Waals surface area contributed by atoms with Crippen molar-refractivity contribution in [1.82, 2.24) is 9.97 Å². The molecule has 0 spiro atoms. The summed E-state index contributed by atoms with van der Waals surface area (Å²) in [5.74, 6) is 1.60. The number of nitrogens with two attached hydrogens (primary N) is 1. The van der Waals surface area contributed by atoms with Crippen LogP contribution in [0.5, 0.6) is 11.5 Å². The Balaban J connectivity index is 2.02. The molecule has 3 rings (SSSR count). The Morgan fingerprint density at radius 3 is 2.81 bits per heavy atom. The zero-order chi connectivity index (χ0) is 14.8. The minimum absolute atomic E-state index is 0.122. The van der Waals surface area contributed by atoms with Crippen molar-refractivity contribution in [3.8, 4) is 11.5 Å². The normalized spacial score (nSPS) is 17.9. The summed E-state index contributed by atoms with van der Waals surface area (Å²) in [5.41, 5.74) is 6.52. The number of ether oxygens (including phenoxy) is 2. The summed E-state index contributed by atoms with van der Waals surface area (Å²) < 4.78 is 11.4. The average molecular weight is 306 g/mol. The maximum absolute atomic E-state index is 6.04. The van der Waals surface area contributed by atoms with Crippen molar-refractivity contribution < 1.29 is 9.47 Å². The molecule has 0 saturated heterocycles. The van der Waals surface area contributed by atoms with Gasteiger partial charge in [0.1, 0.15) is 11.9 Å². The van der Waals surface area contributed by atoms with Crippen LogP contribution >= 0.6 is 11.6 Å². The molecule has 0 radical (unpaired) electrons. The van der Waals surface area contributed by atoms with E-state index in [4.69, 9.17) is 26.8 Å². The highest BCUT2D eigenvalue weighted by atomic mass is 35.5. The molecule has 0 saturated carbocycles. The van der Waals surface area contributed by atoms with Crippen molar-refractivity contribution in [1.29, 1.82) is 0 Å². The first-order chi connectivity index (χ1) is 10.2. The molecule has 1 aromatic heterocycles. The van der Waals surface area contributed by atoms with E-state index in [0.29, 0.717) is 28.2 Å². The minimum atomic E-state index is 0.122. The fourth-order valence-electron chi connectivity index (χ4n) is 2.43.